The lowest BCUT2D eigenvalue weighted by atomic mass is 10.1. The summed E-state index contributed by atoms with van der Waals surface area (Å²) in [6, 6.07) is 7.49. The second kappa shape index (κ2) is 11.6. The van der Waals surface area contributed by atoms with Gasteiger partial charge in [-0.1, -0.05) is 31.4 Å². The van der Waals surface area contributed by atoms with Crippen LogP contribution in [-0.4, -0.2) is 59.0 Å². The minimum Gasteiger partial charge on any atom is -0.493 e. The van der Waals surface area contributed by atoms with Gasteiger partial charge in [0.2, 0.25) is 0 Å². The number of hydrogen-bond donors (Lipinski definition) is 1. The SMILES string of the molecule is CCCCCOc1cc(N2CCCN(Cc3ccnc4c3c(Cl)cn4CCO)C2=O)ccc1OC. The van der Waals surface area contributed by atoms with Crippen LogP contribution in [0.1, 0.15) is 38.2 Å². The molecule has 0 saturated carbocycles. The zero-order chi connectivity index (χ0) is 24.8. The molecule has 8 nitrogen and oxygen atoms in total. The standard InChI is InChI=1S/C26H33ClN4O4/c1-3-4-5-15-35-23-16-20(7-8-22(23)34-2)31-12-6-11-30(26(31)33)17-19-9-10-28-25-24(19)21(27)18-29(25)13-14-32/h7-10,16,18,32H,3-6,11-15,17H2,1-2H3. The fraction of sp³-hybridized carbons (Fsp3) is 0.462. The first-order valence-electron chi connectivity index (χ1n) is 12.2. The number of hydrogen-bond acceptors (Lipinski definition) is 5. The Balaban J connectivity index is 1.55. The number of nitrogens with zero attached hydrogens (tertiary/aromatic N) is 4. The molecular weight excluding hydrogens is 468 g/mol. The van der Waals surface area contributed by atoms with Crippen LogP contribution in [0.5, 0.6) is 11.5 Å². The normalized spacial score (nSPS) is 14.1. The number of anilines is 1. The lowest BCUT2D eigenvalue weighted by Crippen LogP contribution is -2.49. The van der Waals surface area contributed by atoms with Crippen molar-refractivity contribution in [2.75, 3.05) is 38.3 Å². The molecule has 4 rings (SSSR count). The van der Waals surface area contributed by atoms with E-state index in [0.29, 0.717) is 55.0 Å². The number of aliphatic hydroxyl groups excluding tert-OH is 1. The predicted octanol–water partition coefficient (Wildman–Crippen LogP) is 5.09. The molecule has 188 valence electrons. The van der Waals surface area contributed by atoms with Crippen molar-refractivity contribution in [2.24, 2.45) is 0 Å². The monoisotopic (exact) mass is 500 g/mol. The molecule has 1 fully saturated rings. The van der Waals surface area contributed by atoms with Crippen LogP contribution in [0.15, 0.2) is 36.7 Å². The van der Waals surface area contributed by atoms with E-state index in [1.165, 1.54) is 0 Å². The summed E-state index contributed by atoms with van der Waals surface area (Å²) in [5, 5.41) is 10.7. The van der Waals surface area contributed by atoms with Gasteiger partial charge in [-0.05, 0) is 36.6 Å². The maximum Gasteiger partial charge on any atom is 0.324 e. The molecule has 1 aliphatic rings. The molecule has 0 aliphatic carbocycles. The van der Waals surface area contributed by atoms with Crippen LogP contribution < -0.4 is 14.4 Å². The van der Waals surface area contributed by atoms with Gasteiger partial charge in [0.05, 0.1) is 25.3 Å². The summed E-state index contributed by atoms with van der Waals surface area (Å²) in [5.41, 5.74) is 2.43. The molecule has 0 bridgehead atoms. The molecule has 35 heavy (non-hydrogen) atoms. The third kappa shape index (κ3) is 5.49. The van der Waals surface area contributed by atoms with Crippen LogP contribution in [0, 0.1) is 0 Å². The van der Waals surface area contributed by atoms with E-state index in [2.05, 4.69) is 11.9 Å². The van der Waals surface area contributed by atoms with Gasteiger partial charge in [0.25, 0.3) is 0 Å². The van der Waals surface area contributed by atoms with E-state index in [1.54, 1.807) is 24.4 Å². The number of carbonyl (C=O) groups is 1. The largest absolute Gasteiger partial charge is 0.493 e. The number of urea groups is 1. The first kappa shape index (κ1) is 25.1. The van der Waals surface area contributed by atoms with Gasteiger partial charge in [-0.2, -0.15) is 0 Å². The van der Waals surface area contributed by atoms with Crippen molar-refractivity contribution in [3.63, 3.8) is 0 Å². The van der Waals surface area contributed by atoms with Crippen molar-refractivity contribution < 1.29 is 19.4 Å². The molecular formula is C26H33ClN4O4. The number of ether oxygens (including phenoxy) is 2. The molecule has 2 aromatic heterocycles. The molecule has 0 unspecified atom stereocenters. The fourth-order valence-electron chi connectivity index (χ4n) is 4.49. The van der Waals surface area contributed by atoms with Crippen LogP contribution in [-0.2, 0) is 13.1 Å². The van der Waals surface area contributed by atoms with Crippen molar-refractivity contribution >= 4 is 34.4 Å². The van der Waals surface area contributed by atoms with Crippen LogP contribution in [0.3, 0.4) is 0 Å². The smallest absolute Gasteiger partial charge is 0.324 e. The zero-order valence-corrected chi connectivity index (χ0v) is 21.1. The van der Waals surface area contributed by atoms with Crippen molar-refractivity contribution in [3.8, 4) is 11.5 Å². The van der Waals surface area contributed by atoms with Gasteiger partial charge in [0, 0.05) is 55.7 Å². The molecule has 0 spiro atoms. The summed E-state index contributed by atoms with van der Waals surface area (Å²) in [7, 11) is 1.62. The third-order valence-electron chi connectivity index (χ3n) is 6.27. The average Bonchev–Trinajstić information content (AvgIpc) is 3.19. The molecule has 2 amide bonds. The molecule has 1 saturated heterocycles. The topological polar surface area (TPSA) is 80.1 Å². The van der Waals surface area contributed by atoms with Gasteiger partial charge >= 0.3 is 6.03 Å². The van der Waals surface area contributed by atoms with Gasteiger partial charge in [-0.25, -0.2) is 9.78 Å². The van der Waals surface area contributed by atoms with Crippen LogP contribution >= 0.6 is 11.6 Å². The maximum absolute atomic E-state index is 13.5. The van der Waals surface area contributed by atoms with E-state index in [0.717, 1.165) is 42.3 Å². The molecule has 1 aliphatic heterocycles. The van der Waals surface area contributed by atoms with Gasteiger partial charge in [-0.3, -0.25) is 4.90 Å². The second-order valence-corrected chi connectivity index (χ2v) is 9.07. The summed E-state index contributed by atoms with van der Waals surface area (Å²) in [4.78, 5) is 21.6. The van der Waals surface area contributed by atoms with E-state index in [1.807, 2.05) is 33.7 Å². The van der Waals surface area contributed by atoms with Crippen molar-refractivity contribution in [1.29, 1.82) is 0 Å². The summed E-state index contributed by atoms with van der Waals surface area (Å²) in [5.74, 6) is 1.31. The number of pyridine rings is 1. The Morgan fingerprint density at radius 2 is 2.03 bits per heavy atom. The summed E-state index contributed by atoms with van der Waals surface area (Å²) < 4.78 is 13.3. The highest BCUT2D eigenvalue weighted by Crippen LogP contribution is 2.34. The van der Waals surface area contributed by atoms with Gasteiger partial charge in [0.1, 0.15) is 5.65 Å². The minimum atomic E-state index is -0.0609. The number of methoxy groups -OCH3 is 1. The lowest BCUT2D eigenvalue weighted by molar-refractivity contribution is 0.192. The van der Waals surface area contributed by atoms with E-state index in [-0.39, 0.29) is 12.6 Å². The van der Waals surface area contributed by atoms with Crippen LogP contribution in [0.2, 0.25) is 5.02 Å². The Bertz CT molecular complexity index is 1170. The molecule has 0 radical (unpaired) electrons. The van der Waals surface area contributed by atoms with Gasteiger partial charge < -0.3 is 24.0 Å². The highest BCUT2D eigenvalue weighted by molar-refractivity contribution is 6.35. The quantitative estimate of drug-likeness (QED) is 0.371. The Kier molecular flexibility index (Phi) is 8.36. The summed E-state index contributed by atoms with van der Waals surface area (Å²) in [6.07, 6.45) is 7.56. The van der Waals surface area contributed by atoms with E-state index in [9.17, 15) is 9.90 Å². The Morgan fingerprint density at radius 1 is 1.17 bits per heavy atom. The number of rotatable bonds is 11. The van der Waals surface area contributed by atoms with Gasteiger partial charge in [-0.15, -0.1) is 0 Å². The number of fused-ring (bicyclic) bond motifs is 1. The van der Waals surface area contributed by atoms with Gasteiger partial charge in [0.15, 0.2) is 11.5 Å². The number of halogens is 1. The molecule has 9 heteroatoms. The number of benzene rings is 1. The Morgan fingerprint density at radius 3 is 2.80 bits per heavy atom. The highest BCUT2D eigenvalue weighted by atomic mass is 35.5. The number of carbonyl (C=O) groups excluding carboxylic acids is 1. The molecule has 1 aromatic carbocycles. The Hall–Kier alpha value is -2.97. The van der Waals surface area contributed by atoms with Crippen molar-refractivity contribution in [3.05, 3.63) is 47.2 Å². The fourth-order valence-corrected chi connectivity index (χ4v) is 4.82. The molecule has 0 atom stereocenters. The van der Waals surface area contributed by atoms with E-state index < -0.39 is 0 Å². The zero-order valence-electron chi connectivity index (χ0n) is 20.4. The minimum absolute atomic E-state index is 0.00223. The van der Waals surface area contributed by atoms with E-state index in [4.69, 9.17) is 21.1 Å². The first-order valence-corrected chi connectivity index (χ1v) is 12.6. The van der Waals surface area contributed by atoms with Crippen LogP contribution in [0.4, 0.5) is 10.5 Å². The molecule has 3 aromatic rings. The number of aliphatic hydroxyl groups is 1. The Labute approximate surface area is 211 Å². The second-order valence-electron chi connectivity index (χ2n) is 8.66. The lowest BCUT2D eigenvalue weighted by Gasteiger charge is -2.36. The molecule has 3 heterocycles. The summed E-state index contributed by atoms with van der Waals surface area (Å²) in [6.45, 7) is 4.90. The summed E-state index contributed by atoms with van der Waals surface area (Å²) >= 11 is 6.52. The number of unbranched alkanes of at least 4 members (excludes halogenated alkanes) is 2. The number of amides is 2. The highest BCUT2D eigenvalue weighted by Gasteiger charge is 2.28. The average molecular weight is 501 g/mol. The number of aromatic nitrogens is 2. The van der Waals surface area contributed by atoms with E-state index >= 15 is 0 Å². The molecule has 1 N–H and O–H groups in total. The maximum atomic E-state index is 13.5. The van der Waals surface area contributed by atoms with Crippen LogP contribution in [0.25, 0.3) is 11.0 Å². The van der Waals surface area contributed by atoms with Crippen molar-refractivity contribution in [2.45, 2.75) is 45.7 Å². The predicted molar refractivity (Wildman–Crippen MR) is 138 cm³/mol. The first-order chi connectivity index (χ1) is 17.1. The third-order valence-corrected chi connectivity index (χ3v) is 6.56. The van der Waals surface area contributed by atoms with Crippen molar-refractivity contribution in [1.82, 2.24) is 14.5 Å².